The Bertz CT molecular complexity index is 916. The summed E-state index contributed by atoms with van der Waals surface area (Å²) in [6.07, 6.45) is 0. The minimum Gasteiger partial charge on any atom is -0.369 e. The SMILES string of the molecule is N#Cc1ccc(N2CCNC(=O)C2)cc1CN1CCN(c2ccc(Cl)cc2)CC1. The van der Waals surface area contributed by atoms with Crippen LogP contribution >= 0.6 is 11.6 Å². The lowest BCUT2D eigenvalue weighted by Gasteiger charge is -2.36. The summed E-state index contributed by atoms with van der Waals surface area (Å²) in [7, 11) is 0. The first-order valence-electron chi connectivity index (χ1n) is 9.90. The van der Waals surface area contributed by atoms with Crippen molar-refractivity contribution in [3.8, 4) is 6.07 Å². The van der Waals surface area contributed by atoms with Gasteiger partial charge in [0.15, 0.2) is 0 Å². The molecule has 0 aromatic heterocycles. The van der Waals surface area contributed by atoms with Gasteiger partial charge in [-0.15, -0.1) is 0 Å². The lowest BCUT2D eigenvalue weighted by Crippen LogP contribution is -2.47. The average Bonchev–Trinajstić information content (AvgIpc) is 2.75. The van der Waals surface area contributed by atoms with Gasteiger partial charge in [0.05, 0.1) is 18.2 Å². The van der Waals surface area contributed by atoms with Crippen LogP contribution in [0.2, 0.25) is 5.02 Å². The van der Waals surface area contributed by atoms with Gasteiger partial charge in [-0.25, -0.2) is 0 Å². The number of piperazine rings is 2. The molecular weight excluding hydrogens is 386 g/mol. The molecule has 2 fully saturated rings. The molecule has 2 aliphatic heterocycles. The average molecular weight is 410 g/mol. The molecule has 0 saturated carbocycles. The van der Waals surface area contributed by atoms with Crippen molar-refractivity contribution >= 4 is 28.9 Å². The van der Waals surface area contributed by atoms with Crippen LogP contribution in [0.5, 0.6) is 0 Å². The fourth-order valence-electron chi connectivity index (χ4n) is 3.93. The highest BCUT2D eigenvalue weighted by Crippen LogP contribution is 2.23. The third-order valence-electron chi connectivity index (χ3n) is 5.57. The van der Waals surface area contributed by atoms with E-state index in [2.05, 4.69) is 44.3 Å². The number of hydrogen-bond acceptors (Lipinski definition) is 5. The van der Waals surface area contributed by atoms with Crippen LogP contribution in [0.15, 0.2) is 42.5 Å². The third-order valence-corrected chi connectivity index (χ3v) is 5.82. The van der Waals surface area contributed by atoms with Crippen LogP contribution < -0.4 is 15.1 Å². The van der Waals surface area contributed by atoms with Gasteiger partial charge in [0.1, 0.15) is 0 Å². The maximum atomic E-state index is 11.7. The van der Waals surface area contributed by atoms with Gasteiger partial charge < -0.3 is 15.1 Å². The second-order valence-corrected chi connectivity index (χ2v) is 7.90. The molecule has 2 saturated heterocycles. The molecule has 0 unspecified atom stereocenters. The summed E-state index contributed by atoms with van der Waals surface area (Å²) in [5, 5.41) is 13.1. The summed E-state index contributed by atoms with van der Waals surface area (Å²) in [4.78, 5) is 18.5. The largest absolute Gasteiger partial charge is 0.369 e. The summed E-state index contributed by atoms with van der Waals surface area (Å²) in [5.41, 5.74) is 3.93. The first-order valence-corrected chi connectivity index (χ1v) is 10.3. The molecule has 7 heteroatoms. The second-order valence-electron chi connectivity index (χ2n) is 7.46. The van der Waals surface area contributed by atoms with E-state index in [0.29, 0.717) is 18.7 Å². The molecule has 1 N–H and O–H groups in total. The molecule has 0 spiro atoms. The molecule has 2 aromatic carbocycles. The molecule has 0 atom stereocenters. The number of anilines is 2. The smallest absolute Gasteiger partial charge is 0.239 e. The lowest BCUT2D eigenvalue weighted by molar-refractivity contribution is -0.120. The van der Waals surface area contributed by atoms with Crippen LogP contribution in [0.4, 0.5) is 11.4 Å². The molecular formula is C22H24ClN5O. The van der Waals surface area contributed by atoms with Gasteiger partial charge >= 0.3 is 0 Å². The van der Waals surface area contributed by atoms with E-state index >= 15 is 0 Å². The van der Waals surface area contributed by atoms with Gasteiger partial charge in [0.2, 0.25) is 5.91 Å². The van der Waals surface area contributed by atoms with Crippen molar-refractivity contribution in [2.45, 2.75) is 6.54 Å². The van der Waals surface area contributed by atoms with E-state index in [4.69, 9.17) is 11.6 Å². The zero-order valence-corrected chi connectivity index (χ0v) is 17.0. The van der Waals surface area contributed by atoms with E-state index in [0.717, 1.165) is 55.5 Å². The van der Waals surface area contributed by atoms with Crippen LogP contribution in [-0.4, -0.2) is 56.6 Å². The monoisotopic (exact) mass is 409 g/mol. The zero-order chi connectivity index (χ0) is 20.2. The highest BCUT2D eigenvalue weighted by atomic mass is 35.5. The van der Waals surface area contributed by atoms with Gasteiger partial charge in [-0.3, -0.25) is 9.69 Å². The summed E-state index contributed by atoms with van der Waals surface area (Å²) in [6.45, 7) is 6.30. The number of nitrogens with zero attached hydrogens (tertiary/aromatic N) is 4. The number of hydrogen-bond donors (Lipinski definition) is 1. The van der Waals surface area contributed by atoms with E-state index in [9.17, 15) is 10.1 Å². The van der Waals surface area contributed by atoms with E-state index in [1.807, 2.05) is 24.3 Å². The van der Waals surface area contributed by atoms with Crippen LogP contribution in [0.3, 0.4) is 0 Å². The van der Waals surface area contributed by atoms with Gasteiger partial charge in [0.25, 0.3) is 0 Å². The second kappa shape index (κ2) is 8.73. The van der Waals surface area contributed by atoms with Crippen molar-refractivity contribution in [3.05, 3.63) is 58.6 Å². The Kier molecular flexibility index (Phi) is 5.89. The van der Waals surface area contributed by atoms with Crippen LogP contribution in [0.25, 0.3) is 0 Å². The Hall–Kier alpha value is -2.75. The van der Waals surface area contributed by atoms with Crippen LogP contribution in [0, 0.1) is 11.3 Å². The Morgan fingerprint density at radius 2 is 1.69 bits per heavy atom. The van der Waals surface area contributed by atoms with Crippen molar-refractivity contribution in [1.29, 1.82) is 5.26 Å². The molecule has 0 radical (unpaired) electrons. The van der Waals surface area contributed by atoms with Gasteiger partial charge in [-0.2, -0.15) is 5.26 Å². The van der Waals surface area contributed by atoms with E-state index in [1.165, 1.54) is 5.69 Å². The van der Waals surface area contributed by atoms with Crippen LogP contribution in [-0.2, 0) is 11.3 Å². The number of halogens is 1. The highest BCUT2D eigenvalue weighted by molar-refractivity contribution is 6.30. The summed E-state index contributed by atoms with van der Waals surface area (Å²) in [6, 6.07) is 16.2. The van der Waals surface area contributed by atoms with Gasteiger partial charge in [0, 0.05) is 62.2 Å². The first kappa shape index (κ1) is 19.6. The molecule has 2 aliphatic rings. The summed E-state index contributed by atoms with van der Waals surface area (Å²) < 4.78 is 0. The van der Waals surface area contributed by atoms with E-state index in [-0.39, 0.29) is 5.91 Å². The number of nitrogens with one attached hydrogen (secondary N) is 1. The van der Waals surface area contributed by atoms with E-state index in [1.54, 1.807) is 0 Å². The first-order chi connectivity index (χ1) is 14.1. The van der Waals surface area contributed by atoms with Crippen molar-refractivity contribution in [1.82, 2.24) is 10.2 Å². The molecule has 6 nitrogen and oxygen atoms in total. The lowest BCUT2D eigenvalue weighted by atomic mass is 10.1. The molecule has 2 heterocycles. The van der Waals surface area contributed by atoms with Crippen molar-refractivity contribution < 1.29 is 4.79 Å². The molecule has 4 rings (SSSR count). The molecule has 0 aliphatic carbocycles. The number of benzene rings is 2. The summed E-state index contributed by atoms with van der Waals surface area (Å²) in [5.74, 6) is 0.0421. The van der Waals surface area contributed by atoms with Crippen molar-refractivity contribution in [2.24, 2.45) is 0 Å². The maximum absolute atomic E-state index is 11.7. The number of carbonyl (C=O) groups is 1. The molecule has 0 bridgehead atoms. The third kappa shape index (κ3) is 4.64. The number of rotatable bonds is 4. The minimum atomic E-state index is 0.0421. The fourth-order valence-corrected chi connectivity index (χ4v) is 4.06. The number of nitriles is 1. The van der Waals surface area contributed by atoms with Crippen molar-refractivity contribution in [2.75, 3.05) is 55.6 Å². The predicted octanol–water partition coefficient (Wildman–Crippen LogP) is 2.47. The standard InChI is InChI=1S/C22H24ClN5O/c23-19-2-5-20(6-3-19)27-11-9-26(10-12-27)15-18-13-21(4-1-17(18)14-24)28-8-7-25-22(29)16-28/h1-6,13H,7-12,15-16H2,(H,25,29). The highest BCUT2D eigenvalue weighted by Gasteiger charge is 2.21. The minimum absolute atomic E-state index is 0.0421. The van der Waals surface area contributed by atoms with Crippen LogP contribution in [0.1, 0.15) is 11.1 Å². The zero-order valence-electron chi connectivity index (χ0n) is 16.3. The molecule has 2 aromatic rings. The Labute approximate surface area is 176 Å². The Morgan fingerprint density at radius 3 is 2.38 bits per heavy atom. The van der Waals surface area contributed by atoms with Gasteiger partial charge in [-0.1, -0.05) is 11.6 Å². The van der Waals surface area contributed by atoms with E-state index < -0.39 is 0 Å². The summed E-state index contributed by atoms with van der Waals surface area (Å²) >= 11 is 5.99. The number of carbonyl (C=O) groups excluding carboxylic acids is 1. The quantitative estimate of drug-likeness (QED) is 0.840. The number of amides is 1. The molecule has 29 heavy (non-hydrogen) atoms. The molecule has 150 valence electrons. The predicted molar refractivity (Wildman–Crippen MR) is 115 cm³/mol. The molecule has 1 amide bonds. The maximum Gasteiger partial charge on any atom is 0.239 e. The fraction of sp³-hybridized carbons (Fsp3) is 0.364. The topological polar surface area (TPSA) is 62.6 Å². The Morgan fingerprint density at radius 1 is 0.966 bits per heavy atom. The normalized spacial score (nSPS) is 17.7. The van der Waals surface area contributed by atoms with Gasteiger partial charge in [-0.05, 0) is 48.0 Å². The Balaban J connectivity index is 1.42. The van der Waals surface area contributed by atoms with Crippen molar-refractivity contribution in [3.63, 3.8) is 0 Å².